The predicted octanol–water partition coefficient (Wildman–Crippen LogP) is 4.88. The molecule has 0 saturated heterocycles. The lowest BCUT2D eigenvalue weighted by molar-refractivity contribution is 0.415. The van der Waals surface area contributed by atoms with Gasteiger partial charge in [-0.05, 0) is 49.4 Å². The highest BCUT2D eigenvalue weighted by Crippen LogP contribution is 2.38. The van der Waals surface area contributed by atoms with Crippen LogP contribution in [0.25, 0.3) is 45.0 Å². The van der Waals surface area contributed by atoms with Crippen molar-refractivity contribution in [3.05, 3.63) is 70.7 Å². The first-order valence-corrected chi connectivity index (χ1v) is 10.2. The van der Waals surface area contributed by atoms with Gasteiger partial charge in [-0.2, -0.15) is 0 Å². The highest BCUT2D eigenvalue weighted by Gasteiger charge is 2.23. The molecule has 8 heteroatoms. The van der Waals surface area contributed by atoms with Crippen molar-refractivity contribution in [2.45, 2.75) is 6.92 Å². The van der Waals surface area contributed by atoms with Crippen molar-refractivity contribution >= 4 is 10.9 Å². The van der Waals surface area contributed by atoms with Gasteiger partial charge in [0.15, 0.2) is 5.76 Å². The summed E-state index contributed by atoms with van der Waals surface area (Å²) >= 11 is 0. The van der Waals surface area contributed by atoms with Gasteiger partial charge in [0.2, 0.25) is 11.2 Å². The quantitative estimate of drug-likeness (QED) is 0.357. The van der Waals surface area contributed by atoms with Crippen molar-refractivity contribution in [3.8, 4) is 51.3 Å². The molecular formula is C25H21N3O5. The Balaban J connectivity index is 1.76. The molecule has 5 aromatic rings. The van der Waals surface area contributed by atoms with Crippen LogP contribution in [0, 0.1) is 6.92 Å². The van der Waals surface area contributed by atoms with Gasteiger partial charge in [0.1, 0.15) is 34.5 Å². The molecule has 0 spiro atoms. The second-order valence-electron chi connectivity index (χ2n) is 7.55. The lowest BCUT2D eigenvalue weighted by Crippen LogP contribution is -2.01. The second-order valence-corrected chi connectivity index (χ2v) is 7.55. The topological polar surface area (TPSA) is 113 Å². The number of hydrogen-bond acceptors (Lipinski definition) is 6. The lowest BCUT2D eigenvalue weighted by atomic mass is 10.1. The Hall–Kier alpha value is -4.46. The number of ether oxygens (including phenoxy) is 2. The highest BCUT2D eigenvalue weighted by molar-refractivity contribution is 5.96. The zero-order chi connectivity index (χ0) is 23.1. The summed E-state index contributed by atoms with van der Waals surface area (Å²) in [6.07, 6.45) is 1.84. The second kappa shape index (κ2) is 7.90. The third kappa shape index (κ3) is 3.51. The number of aromatic hydroxyl groups is 1. The van der Waals surface area contributed by atoms with Gasteiger partial charge in [0.05, 0.1) is 14.2 Å². The maximum Gasteiger partial charge on any atom is 0.227 e. The molecule has 0 aliphatic heterocycles. The zero-order valence-corrected chi connectivity index (χ0v) is 18.2. The van der Waals surface area contributed by atoms with Crippen LogP contribution in [-0.4, -0.2) is 34.3 Å². The molecule has 5 rings (SSSR count). The molecule has 0 amide bonds. The number of aromatic amines is 2. The summed E-state index contributed by atoms with van der Waals surface area (Å²) in [5, 5.41) is 11.4. The standard InChI is InChI=1S/C25H21N3O5/c1-13-10-20(29)23(30)24(33-13)22-21(14-4-6-15(31-2)7-5-14)27-25(28-22)18-12-26-19-9-8-16(32-3)11-17(18)19/h4-12,26,30H,1-3H3,(H,27,28). The summed E-state index contributed by atoms with van der Waals surface area (Å²) in [6.45, 7) is 1.65. The summed E-state index contributed by atoms with van der Waals surface area (Å²) < 4.78 is 16.4. The molecule has 2 aromatic carbocycles. The van der Waals surface area contributed by atoms with Gasteiger partial charge in [0.25, 0.3) is 0 Å². The predicted molar refractivity (Wildman–Crippen MR) is 125 cm³/mol. The van der Waals surface area contributed by atoms with Crippen molar-refractivity contribution < 1.29 is 19.0 Å². The van der Waals surface area contributed by atoms with Crippen LogP contribution in [0.3, 0.4) is 0 Å². The van der Waals surface area contributed by atoms with E-state index in [1.165, 1.54) is 6.07 Å². The Morgan fingerprint density at radius 3 is 2.45 bits per heavy atom. The molecule has 3 heterocycles. The average Bonchev–Trinajstić information content (AvgIpc) is 3.45. The van der Waals surface area contributed by atoms with Crippen LogP contribution in [-0.2, 0) is 0 Å². The maximum absolute atomic E-state index is 12.3. The average molecular weight is 443 g/mol. The van der Waals surface area contributed by atoms with Crippen LogP contribution in [0.2, 0.25) is 0 Å². The van der Waals surface area contributed by atoms with Gasteiger partial charge in [-0.15, -0.1) is 0 Å². The van der Waals surface area contributed by atoms with Crippen LogP contribution >= 0.6 is 0 Å². The SMILES string of the molecule is COc1ccc(-c2nc(-c3c[nH]c4ccc(OC)cc34)[nH]c2-c2oc(C)cc(=O)c2O)cc1. The van der Waals surface area contributed by atoms with Crippen molar-refractivity contribution in [1.82, 2.24) is 15.0 Å². The van der Waals surface area contributed by atoms with Crippen LogP contribution < -0.4 is 14.9 Å². The van der Waals surface area contributed by atoms with Gasteiger partial charge in [0, 0.05) is 34.3 Å². The van der Waals surface area contributed by atoms with Crippen LogP contribution in [0.4, 0.5) is 0 Å². The Bertz CT molecular complexity index is 1530. The first-order chi connectivity index (χ1) is 16.0. The summed E-state index contributed by atoms with van der Waals surface area (Å²) in [5.74, 6) is 1.88. The van der Waals surface area contributed by atoms with Crippen molar-refractivity contribution in [2.75, 3.05) is 14.2 Å². The van der Waals surface area contributed by atoms with E-state index in [2.05, 4.69) is 9.97 Å². The molecule has 0 atom stereocenters. The maximum atomic E-state index is 12.3. The molecule has 0 fully saturated rings. The number of benzene rings is 2. The van der Waals surface area contributed by atoms with E-state index in [1.807, 2.05) is 48.7 Å². The number of nitrogens with one attached hydrogen (secondary N) is 2. The number of rotatable bonds is 5. The lowest BCUT2D eigenvalue weighted by Gasteiger charge is -2.06. The smallest absolute Gasteiger partial charge is 0.227 e. The van der Waals surface area contributed by atoms with Gasteiger partial charge < -0.3 is 29.0 Å². The summed E-state index contributed by atoms with van der Waals surface area (Å²) in [7, 11) is 3.21. The van der Waals surface area contributed by atoms with E-state index >= 15 is 0 Å². The number of methoxy groups -OCH3 is 2. The van der Waals surface area contributed by atoms with Gasteiger partial charge in [-0.3, -0.25) is 4.79 Å². The number of nitrogens with zero attached hydrogens (tertiary/aromatic N) is 1. The molecule has 0 unspecified atom stereocenters. The number of H-pyrrole nitrogens is 2. The van der Waals surface area contributed by atoms with E-state index in [-0.39, 0.29) is 5.76 Å². The highest BCUT2D eigenvalue weighted by atomic mass is 16.5. The summed E-state index contributed by atoms with van der Waals surface area (Å²) in [6, 6.07) is 14.3. The first kappa shape index (κ1) is 20.4. The molecule has 0 radical (unpaired) electrons. The first-order valence-electron chi connectivity index (χ1n) is 10.2. The normalized spacial score (nSPS) is 11.1. The third-order valence-corrected chi connectivity index (χ3v) is 5.48. The fourth-order valence-electron chi connectivity index (χ4n) is 3.82. The van der Waals surface area contributed by atoms with E-state index in [9.17, 15) is 9.90 Å². The van der Waals surface area contributed by atoms with Crippen molar-refractivity contribution in [1.29, 1.82) is 0 Å². The Kier molecular flexibility index (Phi) is 4.90. The zero-order valence-electron chi connectivity index (χ0n) is 18.2. The van der Waals surface area contributed by atoms with E-state index in [0.29, 0.717) is 34.5 Å². The Labute approximate surface area is 188 Å². The molecule has 166 valence electrons. The summed E-state index contributed by atoms with van der Waals surface area (Å²) in [4.78, 5) is 23.6. The van der Waals surface area contributed by atoms with E-state index in [1.54, 1.807) is 21.1 Å². The number of aryl methyl sites for hydroxylation is 1. The van der Waals surface area contributed by atoms with Crippen molar-refractivity contribution in [2.24, 2.45) is 0 Å². The number of aromatic nitrogens is 3. The molecule has 0 aliphatic carbocycles. The van der Waals surface area contributed by atoms with Gasteiger partial charge in [-0.25, -0.2) is 4.98 Å². The number of fused-ring (bicyclic) bond motifs is 1. The minimum atomic E-state index is -0.526. The Morgan fingerprint density at radius 1 is 1.00 bits per heavy atom. The molecule has 0 saturated carbocycles. The summed E-state index contributed by atoms with van der Waals surface area (Å²) in [5.41, 5.74) is 2.87. The molecule has 3 aromatic heterocycles. The van der Waals surface area contributed by atoms with Gasteiger partial charge >= 0.3 is 0 Å². The van der Waals surface area contributed by atoms with E-state index < -0.39 is 11.2 Å². The number of hydrogen-bond donors (Lipinski definition) is 3. The van der Waals surface area contributed by atoms with Gasteiger partial charge in [-0.1, -0.05) is 0 Å². The Morgan fingerprint density at radius 2 is 1.73 bits per heavy atom. The number of imidazole rings is 1. The molecule has 0 aliphatic rings. The minimum absolute atomic E-state index is 0.0296. The molecule has 8 nitrogen and oxygen atoms in total. The monoisotopic (exact) mass is 443 g/mol. The third-order valence-electron chi connectivity index (χ3n) is 5.48. The fraction of sp³-hybridized carbons (Fsp3) is 0.120. The minimum Gasteiger partial charge on any atom is -0.501 e. The van der Waals surface area contributed by atoms with Crippen LogP contribution in [0.15, 0.2) is 63.9 Å². The molecule has 33 heavy (non-hydrogen) atoms. The molecular weight excluding hydrogens is 422 g/mol. The van der Waals surface area contributed by atoms with Crippen LogP contribution in [0.1, 0.15) is 5.76 Å². The van der Waals surface area contributed by atoms with Crippen molar-refractivity contribution in [3.63, 3.8) is 0 Å². The van der Waals surface area contributed by atoms with E-state index in [4.69, 9.17) is 18.9 Å². The molecule has 3 N–H and O–H groups in total. The van der Waals surface area contributed by atoms with E-state index in [0.717, 1.165) is 22.0 Å². The fourth-order valence-corrected chi connectivity index (χ4v) is 3.82. The molecule has 0 bridgehead atoms. The largest absolute Gasteiger partial charge is 0.501 e. The van der Waals surface area contributed by atoms with Crippen LogP contribution in [0.5, 0.6) is 17.2 Å².